The molecule has 26 heavy (non-hydrogen) atoms. The lowest BCUT2D eigenvalue weighted by Crippen LogP contribution is -2.29. The van der Waals surface area contributed by atoms with Crippen molar-refractivity contribution in [2.45, 2.75) is 0 Å². The number of nitrogens with zero attached hydrogens (tertiary/aromatic N) is 2. The van der Waals surface area contributed by atoms with E-state index in [1.807, 2.05) is 36.4 Å². The van der Waals surface area contributed by atoms with E-state index < -0.39 is 0 Å². The number of hydrogen-bond donors (Lipinski definition) is 0. The molecular formula is C21H12N2O2S. The number of thiazole rings is 1. The summed E-state index contributed by atoms with van der Waals surface area (Å²) in [5.41, 5.74) is 3.41. The van der Waals surface area contributed by atoms with E-state index in [2.05, 4.69) is 4.98 Å². The standard InChI is InChI=1S/C21H12N2O2S/c24-20-15-5-1-2-6-16(15)21(25)23(20)14-11-9-13(10-12-14)19-22-17-7-3-4-8-18(17)26-19/h1-12H. The van der Waals surface area contributed by atoms with Gasteiger partial charge in [-0.3, -0.25) is 9.59 Å². The summed E-state index contributed by atoms with van der Waals surface area (Å²) in [6.07, 6.45) is 0. The SMILES string of the molecule is O=C1c2ccccc2C(=O)N1c1ccc(-c2nc3ccccc3s2)cc1. The summed E-state index contributed by atoms with van der Waals surface area (Å²) in [6, 6.07) is 22.3. The summed E-state index contributed by atoms with van der Waals surface area (Å²) in [5, 5.41) is 0.917. The summed E-state index contributed by atoms with van der Waals surface area (Å²) < 4.78 is 1.13. The van der Waals surface area contributed by atoms with E-state index >= 15 is 0 Å². The number of para-hydroxylation sites is 1. The van der Waals surface area contributed by atoms with Crippen molar-refractivity contribution in [2.24, 2.45) is 0 Å². The van der Waals surface area contributed by atoms with E-state index in [1.54, 1.807) is 47.7 Å². The molecule has 5 rings (SSSR count). The Morgan fingerprint density at radius 2 is 1.35 bits per heavy atom. The second kappa shape index (κ2) is 5.61. The van der Waals surface area contributed by atoms with E-state index in [9.17, 15) is 9.59 Å². The zero-order valence-electron chi connectivity index (χ0n) is 13.5. The van der Waals surface area contributed by atoms with Gasteiger partial charge in [-0.25, -0.2) is 9.88 Å². The zero-order valence-corrected chi connectivity index (χ0v) is 14.4. The zero-order chi connectivity index (χ0) is 17.7. The van der Waals surface area contributed by atoms with Crippen LogP contribution in [0.5, 0.6) is 0 Å². The summed E-state index contributed by atoms with van der Waals surface area (Å²) >= 11 is 1.62. The van der Waals surface area contributed by atoms with Crippen molar-refractivity contribution < 1.29 is 9.59 Å². The van der Waals surface area contributed by atoms with Gasteiger partial charge in [0.15, 0.2) is 0 Å². The van der Waals surface area contributed by atoms with E-state index in [1.165, 1.54) is 4.90 Å². The van der Waals surface area contributed by atoms with Crippen LogP contribution in [-0.2, 0) is 0 Å². The number of hydrogen-bond acceptors (Lipinski definition) is 4. The molecule has 0 radical (unpaired) electrons. The highest BCUT2D eigenvalue weighted by Crippen LogP contribution is 2.33. The lowest BCUT2D eigenvalue weighted by atomic mass is 10.1. The molecule has 2 amide bonds. The molecule has 0 aliphatic carbocycles. The molecule has 1 aromatic heterocycles. The third-order valence-corrected chi connectivity index (χ3v) is 5.55. The summed E-state index contributed by atoms with van der Waals surface area (Å²) in [5.74, 6) is -0.559. The summed E-state index contributed by atoms with van der Waals surface area (Å²) in [4.78, 5) is 31.0. The van der Waals surface area contributed by atoms with Crippen LogP contribution in [0.4, 0.5) is 5.69 Å². The van der Waals surface area contributed by atoms with Gasteiger partial charge in [-0.2, -0.15) is 0 Å². The van der Waals surface area contributed by atoms with E-state index in [-0.39, 0.29) is 11.8 Å². The van der Waals surface area contributed by atoms with E-state index in [0.717, 1.165) is 20.8 Å². The molecule has 0 bridgehead atoms. The van der Waals surface area contributed by atoms with Gasteiger partial charge >= 0.3 is 0 Å². The van der Waals surface area contributed by atoms with Crippen molar-refractivity contribution >= 4 is 39.1 Å². The van der Waals surface area contributed by atoms with Gasteiger partial charge in [0.1, 0.15) is 5.01 Å². The Balaban J connectivity index is 1.51. The Morgan fingerprint density at radius 1 is 0.731 bits per heavy atom. The summed E-state index contributed by atoms with van der Waals surface area (Å²) in [7, 11) is 0. The fraction of sp³-hybridized carbons (Fsp3) is 0. The monoisotopic (exact) mass is 356 g/mol. The summed E-state index contributed by atoms with van der Waals surface area (Å²) in [6.45, 7) is 0. The van der Waals surface area contributed by atoms with Gasteiger partial charge in [0.25, 0.3) is 11.8 Å². The number of imide groups is 1. The van der Waals surface area contributed by atoms with Crippen molar-refractivity contribution in [1.29, 1.82) is 0 Å². The van der Waals surface area contributed by atoms with Crippen LogP contribution in [0.25, 0.3) is 20.8 Å². The van der Waals surface area contributed by atoms with Crippen LogP contribution >= 0.6 is 11.3 Å². The fourth-order valence-electron chi connectivity index (χ4n) is 3.17. The highest BCUT2D eigenvalue weighted by atomic mass is 32.1. The number of rotatable bonds is 2. The van der Waals surface area contributed by atoms with Crippen LogP contribution < -0.4 is 4.90 Å². The largest absolute Gasteiger partial charge is 0.268 e. The Kier molecular flexibility index (Phi) is 3.23. The molecular weight excluding hydrogens is 344 g/mol. The van der Waals surface area contributed by atoms with E-state index in [0.29, 0.717) is 16.8 Å². The Labute approximate surface area is 153 Å². The molecule has 0 spiro atoms. The van der Waals surface area contributed by atoms with Gasteiger partial charge in [-0.05, 0) is 48.5 Å². The van der Waals surface area contributed by atoms with Gasteiger partial charge in [-0.1, -0.05) is 24.3 Å². The molecule has 0 saturated carbocycles. The number of benzene rings is 3. The first kappa shape index (κ1) is 15.0. The van der Waals surface area contributed by atoms with E-state index in [4.69, 9.17) is 0 Å². The van der Waals surface area contributed by atoms with Gasteiger partial charge < -0.3 is 0 Å². The lowest BCUT2D eigenvalue weighted by Gasteiger charge is -2.14. The van der Waals surface area contributed by atoms with Crippen molar-refractivity contribution in [3.63, 3.8) is 0 Å². The molecule has 4 nitrogen and oxygen atoms in total. The third kappa shape index (κ3) is 2.18. The minimum Gasteiger partial charge on any atom is -0.268 e. The number of fused-ring (bicyclic) bond motifs is 2. The maximum absolute atomic E-state index is 12.6. The lowest BCUT2D eigenvalue weighted by molar-refractivity contribution is 0.0926. The number of aromatic nitrogens is 1. The molecule has 1 aliphatic rings. The third-order valence-electron chi connectivity index (χ3n) is 4.46. The molecule has 124 valence electrons. The second-order valence-electron chi connectivity index (χ2n) is 6.02. The number of anilines is 1. The minimum atomic E-state index is -0.279. The van der Waals surface area contributed by atoms with Gasteiger partial charge in [0.05, 0.1) is 27.0 Å². The highest BCUT2D eigenvalue weighted by Gasteiger charge is 2.36. The molecule has 0 saturated heterocycles. The normalized spacial score (nSPS) is 13.5. The molecule has 0 unspecified atom stereocenters. The van der Waals surface area contributed by atoms with Crippen LogP contribution in [0, 0.1) is 0 Å². The molecule has 4 aromatic rings. The molecule has 3 aromatic carbocycles. The first-order valence-corrected chi connectivity index (χ1v) is 8.98. The second-order valence-corrected chi connectivity index (χ2v) is 7.06. The van der Waals surface area contributed by atoms with Crippen LogP contribution in [0.15, 0.2) is 72.8 Å². The van der Waals surface area contributed by atoms with Crippen LogP contribution in [0.3, 0.4) is 0 Å². The molecule has 0 atom stereocenters. The molecule has 0 fully saturated rings. The predicted molar refractivity (Wildman–Crippen MR) is 103 cm³/mol. The average molecular weight is 356 g/mol. The van der Waals surface area contributed by atoms with Crippen molar-refractivity contribution in [3.05, 3.63) is 83.9 Å². The van der Waals surface area contributed by atoms with Crippen LogP contribution in [-0.4, -0.2) is 16.8 Å². The minimum absolute atomic E-state index is 0.279. The number of amides is 2. The average Bonchev–Trinajstić information content (AvgIpc) is 3.22. The number of carbonyl (C=O) groups is 2. The Hall–Kier alpha value is -3.31. The first-order chi connectivity index (χ1) is 12.7. The van der Waals surface area contributed by atoms with Crippen molar-refractivity contribution in [1.82, 2.24) is 4.98 Å². The van der Waals surface area contributed by atoms with Crippen molar-refractivity contribution in [2.75, 3.05) is 4.90 Å². The maximum Gasteiger partial charge on any atom is 0.266 e. The van der Waals surface area contributed by atoms with Gasteiger partial charge in [0.2, 0.25) is 0 Å². The molecule has 1 aliphatic heterocycles. The van der Waals surface area contributed by atoms with Gasteiger partial charge in [0, 0.05) is 5.56 Å². The quantitative estimate of drug-likeness (QED) is 0.486. The van der Waals surface area contributed by atoms with Crippen LogP contribution in [0.1, 0.15) is 20.7 Å². The van der Waals surface area contributed by atoms with Crippen molar-refractivity contribution in [3.8, 4) is 10.6 Å². The molecule has 2 heterocycles. The maximum atomic E-state index is 12.6. The van der Waals surface area contributed by atoms with Crippen LogP contribution in [0.2, 0.25) is 0 Å². The Bertz CT molecular complexity index is 1110. The Morgan fingerprint density at radius 3 is 2.00 bits per heavy atom. The first-order valence-electron chi connectivity index (χ1n) is 8.16. The molecule has 0 N–H and O–H groups in total. The highest BCUT2D eigenvalue weighted by molar-refractivity contribution is 7.21. The number of carbonyl (C=O) groups excluding carboxylic acids is 2. The fourth-order valence-corrected chi connectivity index (χ4v) is 4.14. The smallest absolute Gasteiger partial charge is 0.266 e. The topological polar surface area (TPSA) is 50.3 Å². The predicted octanol–water partition coefficient (Wildman–Crippen LogP) is 4.76. The molecule has 5 heteroatoms. The van der Waals surface area contributed by atoms with Gasteiger partial charge in [-0.15, -0.1) is 11.3 Å².